The third-order valence-corrected chi connectivity index (χ3v) is 6.67. The number of rotatable bonds is 4. The fraction of sp³-hybridized carbons (Fsp3) is 0.250. The second-order valence-corrected chi connectivity index (χ2v) is 8.87. The van der Waals surface area contributed by atoms with E-state index < -0.39 is 39.1 Å². The van der Waals surface area contributed by atoms with Gasteiger partial charge in [0.1, 0.15) is 16.5 Å². The first-order chi connectivity index (χ1) is 14.6. The molecule has 0 radical (unpaired) electrons. The molecule has 1 atom stereocenters. The van der Waals surface area contributed by atoms with Crippen molar-refractivity contribution in [1.29, 1.82) is 0 Å². The van der Waals surface area contributed by atoms with E-state index in [-0.39, 0.29) is 22.9 Å². The van der Waals surface area contributed by atoms with Crippen LogP contribution in [0.15, 0.2) is 47.6 Å². The number of hydrogen-bond acceptors (Lipinski definition) is 3. The SMILES string of the molecule is O=S(=O)(Nc1cc(F)c(C(F)(F)F)cc1F)c1c[nH]c2c1CCC(c1ccccn1)C2. The molecule has 0 aliphatic heterocycles. The Bertz CT molecular complexity index is 1220. The number of halogens is 5. The minimum absolute atomic E-state index is 0.0722. The van der Waals surface area contributed by atoms with Gasteiger partial charge in [-0.15, -0.1) is 0 Å². The molecule has 3 aromatic rings. The van der Waals surface area contributed by atoms with E-state index in [9.17, 15) is 30.4 Å². The molecule has 31 heavy (non-hydrogen) atoms. The summed E-state index contributed by atoms with van der Waals surface area (Å²) < 4.78 is 93.4. The van der Waals surface area contributed by atoms with E-state index in [2.05, 4.69) is 9.97 Å². The van der Waals surface area contributed by atoms with E-state index in [1.165, 1.54) is 6.20 Å². The maximum atomic E-state index is 14.1. The number of aromatic amines is 1. The fourth-order valence-electron chi connectivity index (χ4n) is 3.75. The fourth-order valence-corrected chi connectivity index (χ4v) is 5.07. The molecule has 0 saturated heterocycles. The van der Waals surface area contributed by atoms with Crippen LogP contribution in [0.4, 0.5) is 27.6 Å². The highest BCUT2D eigenvalue weighted by atomic mass is 32.2. The number of fused-ring (bicyclic) bond motifs is 1. The summed E-state index contributed by atoms with van der Waals surface area (Å²) in [5, 5.41) is 0. The summed E-state index contributed by atoms with van der Waals surface area (Å²) in [5.41, 5.74) is -0.642. The monoisotopic (exact) mass is 457 g/mol. The maximum Gasteiger partial charge on any atom is 0.419 e. The molecule has 1 aromatic carbocycles. The lowest BCUT2D eigenvalue weighted by atomic mass is 9.85. The van der Waals surface area contributed by atoms with Crippen molar-refractivity contribution in [3.05, 3.63) is 76.9 Å². The predicted molar refractivity (Wildman–Crippen MR) is 102 cm³/mol. The van der Waals surface area contributed by atoms with Crippen molar-refractivity contribution in [3.8, 4) is 0 Å². The first-order valence-corrected chi connectivity index (χ1v) is 10.7. The highest BCUT2D eigenvalue weighted by Gasteiger charge is 2.36. The van der Waals surface area contributed by atoms with E-state index >= 15 is 0 Å². The molecule has 0 bridgehead atoms. The summed E-state index contributed by atoms with van der Waals surface area (Å²) in [6.45, 7) is 0. The smallest absolute Gasteiger partial charge is 0.363 e. The molecule has 11 heteroatoms. The standard InChI is InChI=1S/C20H16F5N3O2S/c21-14-9-18(15(22)8-13(14)20(23,24)25)28-31(29,30)19-10-27-17-7-11(4-5-12(17)19)16-3-1-2-6-26-16/h1-3,6,8-11,27-28H,4-5,7H2. The topological polar surface area (TPSA) is 74.8 Å². The number of anilines is 1. The molecule has 2 aromatic heterocycles. The molecule has 0 saturated carbocycles. The van der Waals surface area contributed by atoms with Crippen LogP contribution in [-0.2, 0) is 29.0 Å². The number of sulfonamides is 1. The molecule has 2 heterocycles. The summed E-state index contributed by atoms with van der Waals surface area (Å²) in [7, 11) is -4.37. The number of pyridine rings is 1. The van der Waals surface area contributed by atoms with Crippen LogP contribution in [0.25, 0.3) is 0 Å². The van der Waals surface area contributed by atoms with Crippen molar-refractivity contribution in [1.82, 2.24) is 9.97 Å². The summed E-state index contributed by atoms with van der Waals surface area (Å²) in [5.74, 6) is -3.21. The quantitative estimate of drug-likeness (QED) is 0.554. The van der Waals surface area contributed by atoms with Gasteiger partial charge in [-0.2, -0.15) is 13.2 Å². The molecule has 1 aliphatic rings. The predicted octanol–water partition coefficient (Wildman–Crippen LogP) is 4.78. The van der Waals surface area contributed by atoms with Crippen molar-refractivity contribution < 1.29 is 30.4 Å². The van der Waals surface area contributed by atoms with Gasteiger partial charge in [-0.25, -0.2) is 17.2 Å². The van der Waals surface area contributed by atoms with Crippen molar-refractivity contribution in [2.24, 2.45) is 0 Å². The lowest BCUT2D eigenvalue weighted by molar-refractivity contribution is -0.140. The molecular formula is C20H16F5N3O2S. The third kappa shape index (κ3) is 4.14. The number of benzene rings is 1. The van der Waals surface area contributed by atoms with Gasteiger partial charge in [-0.1, -0.05) is 6.07 Å². The Morgan fingerprint density at radius 2 is 1.90 bits per heavy atom. The second-order valence-electron chi connectivity index (χ2n) is 7.22. The van der Waals surface area contributed by atoms with E-state index in [0.29, 0.717) is 30.5 Å². The molecule has 0 spiro atoms. The Balaban J connectivity index is 1.61. The molecule has 5 nitrogen and oxygen atoms in total. The molecule has 4 rings (SSSR count). The molecule has 0 amide bonds. The zero-order valence-corrected chi connectivity index (χ0v) is 16.6. The van der Waals surface area contributed by atoms with Gasteiger partial charge in [0, 0.05) is 35.8 Å². The number of H-pyrrole nitrogens is 1. The van der Waals surface area contributed by atoms with Crippen LogP contribution in [-0.4, -0.2) is 18.4 Å². The van der Waals surface area contributed by atoms with Gasteiger partial charge in [0.05, 0.1) is 11.3 Å². The van der Waals surface area contributed by atoms with E-state index in [4.69, 9.17) is 0 Å². The number of nitrogens with one attached hydrogen (secondary N) is 2. The van der Waals surface area contributed by atoms with Crippen LogP contribution in [0, 0.1) is 11.6 Å². The Morgan fingerprint density at radius 1 is 1.13 bits per heavy atom. The lowest BCUT2D eigenvalue weighted by Crippen LogP contribution is -2.19. The Kier molecular flexibility index (Phi) is 5.24. The zero-order chi connectivity index (χ0) is 22.4. The Morgan fingerprint density at radius 3 is 2.58 bits per heavy atom. The summed E-state index contributed by atoms with van der Waals surface area (Å²) >= 11 is 0. The molecule has 164 valence electrons. The largest absolute Gasteiger partial charge is 0.419 e. The average Bonchev–Trinajstić information content (AvgIpc) is 3.14. The number of nitrogens with zero attached hydrogens (tertiary/aromatic N) is 1. The second kappa shape index (κ2) is 7.63. The molecule has 2 N–H and O–H groups in total. The normalized spacial score (nSPS) is 16.7. The van der Waals surface area contributed by atoms with Crippen molar-refractivity contribution in [2.45, 2.75) is 36.3 Å². The minimum atomic E-state index is -5.10. The van der Waals surface area contributed by atoms with Crippen LogP contribution < -0.4 is 4.72 Å². The van der Waals surface area contributed by atoms with Gasteiger partial charge >= 0.3 is 6.18 Å². The van der Waals surface area contributed by atoms with Crippen LogP contribution >= 0.6 is 0 Å². The van der Waals surface area contributed by atoms with Crippen LogP contribution in [0.5, 0.6) is 0 Å². The van der Waals surface area contributed by atoms with Gasteiger partial charge in [-0.3, -0.25) is 9.71 Å². The summed E-state index contributed by atoms with van der Waals surface area (Å²) in [6.07, 6.45) is -0.631. The third-order valence-electron chi connectivity index (χ3n) is 5.23. The summed E-state index contributed by atoms with van der Waals surface area (Å²) in [6, 6.07) is 5.67. The first-order valence-electron chi connectivity index (χ1n) is 9.25. The number of hydrogen-bond donors (Lipinski definition) is 2. The highest BCUT2D eigenvalue weighted by Crippen LogP contribution is 2.37. The first kappa shape index (κ1) is 21.3. The molecule has 1 aliphatic carbocycles. The Hall–Kier alpha value is -2.95. The summed E-state index contributed by atoms with van der Waals surface area (Å²) in [4.78, 5) is 7.09. The van der Waals surface area contributed by atoms with Gasteiger partial charge in [-0.05, 0) is 43.0 Å². The van der Waals surface area contributed by atoms with Crippen LogP contribution in [0.1, 0.15) is 34.9 Å². The maximum absolute atomic E-state index is 14.1. The van der Waals surface area contributed by atoms with Gasteiger partial charge < -0.3 is 4.98 Å². The number of aromatic nitrogens is 2. The van der Waals surface area contributed by atoms with E-state index in [1.807, 2.05) is 16.9 Å². The van der Waals surface area contributed by atoms with Crippen LogP contribution in [0.3, 0.4) is 0 Å². The van der Waals surface area contributed by atoms with E-state index in [1.54, 1.807) is 12.3 Å². The molecule has 1 unspecified atom stereocenters. The lowest BCUT2D eigenvalue weighted by Gasteiger charge is -2.22. The van der Waals surface area contributed by atoms with Crippen molar-refractivity contribution in [2.75, 3.05) is 4.72 Å². The van der Waals surface area contributed by atoms with Gasteiger partial charge in [0.2, 0.25) is 0 Å². The molecular weight excluding hydrogens is 441 g/mol. The van der Waals surface area contributed by atoms with Crippen LogP contribution in [0.2, 0.25) is 0 Å². The van der Waals surface area contributed by atoms with Crippen molar-refractivity contribution >= 4 is 15.7 Å². The van der Waals surface area contributed by atoms with Crippen molar-refractivity contribution in [3.63, 3.8) is 0 Å². The van der Waals surface area contributed by atoms with E-state index in [0.717, 1.165) is 5.69 Å². The highest BCUT2D eigenvalue weighted by molar-refractivity contribution is 7.92. The number of alkyl halides is 3. The van der Waals surface area contributed by atoms with Gasteiger partial charge in [0.25, 0.3) is 10.0 Å². The van der Waals surface area contributed by atoms with Gasteiger partial charge in [0.15, 0.2) is 0 Å². The Labute approximate surface area is 174 Å². The minimum Gasteiger partial charge on any atom is -0.363 e. The average molecular weight is 457 g/mol. The molecule has 0 fully saturated rings. The zero-order valence-electron chi connectivity index (χ0n) is 15.8.